The molecule has 1 saturated carbocycles. The Bertz CT molecular complexity index is 360. The van der Waals surface area contributed by atoms with Crippen LogP contribution in [0.15, 0.2) is 0 Å². The normalized spacial score (nSPS) is 20.7. The topological polar surface area (TPSA) is 75.4 Å². The highest BCUT2D eigenvalue weighted by Gasteiger charge is 2.39. The van der Waals surface area contributed by atoms with Crippen molar-refractivity contribution in [1.82, 2.24) is 9.03 Å². The molecule has 1 aliphatic carbocycles. The molecule has 1 fully saturated rings. The third kappa shape index (κ3) is 4.41. The first-order valence-electron chi connectivity index (χ1n) is 7.28. The predicted molar refractivity (Wildman–Crippen MR) is 79.0 cm³/mol. The van der Waals surface area contributed by atoms with E-state index in [0.29, 0.717) is 19.0 Å². The summed E-state index contributed by atoms with van der Waals surface area (Å²) in [7, 11) is -1.77. The first kappa shape index (κ1) is 16.9. The van der Waals surface area contributed by atoms with Crippen LogP contribution < -0.4 is 10.5 Å². The van der Waals surface area contributed by atoms with Crippen molar-refractivity contribution in [2.75, 3.05) is 20.1 Å². The average Bonchev–Trinajstić information content (AvgIpc) is 2.62. The van der Waals surface area contributed by atoms with Gasteiger partial charge in [-0.05, 0) is 18.8 Å². The molecule has 6 heteroatoms. The second-order valence-electron chi connectivity index (χ2n) is 6.06. The molecule has 0 radical (unpaired) electrons. The highest BCUT2D eigenvalue weighted by Crippen LogP contribution is 2.32. The lowest BCUT2D eigenvalue weighted by Gasteiger charge is -2.39. The van der Waals surface area contributed by atoms with Gasteiger partial charge in [-0.25, -0.2) is 4.72 Å². The van der Waals surface area contributed by atoms with Gasteiger partial charge in [0, 0.05) is 25.7 Å². The summed E-state index contributed by atoms with van der Waals surface area (Å²) in [4.78, 5) is 0. The predicted octanol–water partition coefficient (Wildman–Crippen LogP) is 1.46. The summed E-state index contributed by atoms with van der Waals surface area (Å²) in [6.07, 6.45) is 6.19. The van der Waals surface area contributed by atoms with Gasteiger partial charge in [0.05, 0.1) is 0 Å². The molecule has 0 spiro atoms. The smallest absolute Gasteiger partial charge is 0.279 e. The van der Waals surface area contributed by atoms with Gasteiger partial charge in [-0.15, -0.1) is 0 Å². The molecule has 0 aliphatic heterocycles. The average molecular weight is 291 g/mol. The fourth-order valence-electron chi connectivity index (χ4n) is 2.66. The van der Waals surface area contributed by atoms with Gasteiger partial charge in [-0.3, -0.25) is 0 Å². The van der Waals surface area contributed by atoms with Crippen LogP contribution in [0.5, 0.6) is 0 Å². The molecule has 1 aliphatic rings. The Hall–Kier alpha value is -0.170. The van der Waals surface area contributed by atoms with E-state index < -0.39 is 15.7 Å². The van der Waals surface area contributed by atoms with Crippen LogP contribution >= 0.6 is 0 Å². The van der Waals surface area contributed by atoms with E-state index in [4.69, 9.17) is 5.73 Å². The van der Waals surface area contributed by atoms with Gasteiger partial charge < -0.3 is 5.73 Å². The molecule has 1 rings (SSSR count). The summed E-state index contributed by atoms with van der Waals surface area (Å²) in [6.45, 7) is 4.85. The van der Waals surface area contributed by atoms with Crippen molar-refractivity contribution in [2.24, 2.45) is 11.7 Å². The molecular formula is C13H29N3O2S. The minimum atomic E-state index is -3.44. The summed E-state index contributed by atoms with van der Waals surface area (Å²) in [5.74, 6) is 0.297. The van der Waals surface area contributed by atoms with E-state index in [9.17, 15) is 8.42 Å². The molecule has 19 heavy (non-hydrogen) atoms. The van der Waals surface area contributed by atoms with Gasteiger partial charge in [-0.2, -0.15) is 12.7 Å². The Kier molecular flexibility index (Phi) is 6.23. The fraction of sp³-hybridized carbons (Fsp3) is 1.00. The molecule has 0 saturated heterocycles. The van der Waals surface area contributed by atoms with Crippen LogP contribution in [0.2, 0.25) is 0 Å². The standard InChI is InChI=1S/C13H29N3O2S/c1-12(2)10-15-19(17,18)16(3)13(11-14)8-6-4-5-7-9-13/h12,15H,4-11,14H2,1-3H3. The van der Waals surface area contributed by atoms with E-state index in [1.165, 1.54) is 17.1 Å². The molecule has 114 valence electrons. The lowest BCUT2D eigenvalue weighted by molar-refractivity contribution is 0.193. The maximum Gasteiger partial charge on any atom is 0.279 e. The Balaban J connectivity index is 2.84. The first-order valence-corrected chi connectivity index (χ1v) is 8.72. The number of rotatable bonds is 6. The summed E-state index contributed by atoms with van der Waals surface area (Å²) < 4.78 is 28.9. The molecule has 0 aromatic heterocycles. The molecule has 0 aromatic carbocycles. The van der Waals surface area contributed by atoms with Crippen molar-refractivity contribution < 1.29 is 8.42 Å². The van der Waals surface area contributed by atoms with E-state index >= 15 is 0 Å². The maximum atomic E-state index is 12.4. The van der Waals surface area contributed by atoms with Crippen molar-refractivity contribution in [3.63, 3.8) is 0 Å². The van der Waals surface area contributed by atoms with Crippen molar-refractivity contribution in [2.45, 2.75) is 57.9 Å². The van der Waals surface area contributed by atoms with Crippen molar-refractivity contribution in [3.8, 4) is 0 Å². The summed E-state index contributed by atoms with van der Waals surface area (Å²) in [5, 5.41) is 0. The Morgan fingerprint density at radius 3 is 2.16 bits per heavy atom. The Labute approximate surface area is 118 Å². The fourth-order valence-corrected chi connectivity index (χ4v) is 4.16. The molecule has 0 atom stereocenters. The monoisotopic (exact) mass is 291 g/mol. The molecule has 0 amide bonds. The minimum Gasteiger partial charge on any atom is -0.329 e. The summed E-state index contributed by atoms with van der Waals surface area (Å²) in [5.41, 5.74) is 5.52. The number of nitrogens with two attached hydrogens (primary N) is 1. The largest absolute Gasteiger partial charge is 0.329 e. The van der Waals surface area contributed by atoms with E-state index in [-0.39, 0.29) is 0 Å². The number of hydrogen-bond acceptors (Lipinski definition) is 3. The zero-order chi connectivity index (χ0) is 14.5. The van der Waals surface area contributed by atoms with Gasteiger partial charge in [0.25, 0.3) is 10.2 Å². The van der Waals surface area contributed by atoms with Crippen LogP contribution in [0, 0.1) is 5.92 Å². The van der Waals surface area contributed by atoms with Gasteiger partial charge in [-0.1, -0.05) is 39.5 Å². The van der Waals surface area contributed by atoms with Crippen molar-refractivity contribution in [3.05, 3.63) is 0 Å². The van der Waals surface area contributed by atoms with Crippen molar-refractivity contribution in [1.29, 1.82) is 0 Å². The van der Waals surface area contributed by atoms with Gasteiger partial charge >= 0.3 is 0 Å². The first-order chi connectivity index (χ1) is 8.84. The van der Waals surface area contributed by atoms with Gasteiger partial charge in [0.15, 0.2) is 0 Å². The zero-order valence-corrected chi connectivity index (χ0v) is 13.3. The van der Waals surface area contributed by atoms with Crippen LogP contribution in [0.1, 0.15) is 52.4 Å². The van der Waals surface area contributed by atoms with Crippen molar-refractivity contribution >= 4 is 10.2 Å². The van der Waals surface area contributed by atoms with Crippen LogP contribution in [0.25, 0.3) is 0 Å². The van der Waals surface area contributed by atoms with Crippen LogP contribution in [0.4, 0.5) is 0 Å². The van der Waals surface area contributed by atoms with Crippen LogP contribution in [-0.4, -0.2) is 38.4 Å². The Morgan fingerprint density at radius 1 is 1.21 bits per heavy atom. The number of nitrogens with one attached hydrogen (secondary N) is 1. The molecule has 0 unspecified atom stereocenters. The summed E-state index contributed by atoms with van der Waals surface area (Å²) in [6, 6.07) is 0. The number of nitrogens with zero attached hydrogens (tertiary/aromatic N) is 1. The third-order valence-electron chi connectivity index (χ3n) is 4.12. The number of hydrogen-bond donors (Lipinski definition) is 2. The highest BCUT2D eigenvalue weighted by molar-refractivity contribution is 7.87. The van der Waals surface area contributed by atoms with Crippen LogP contribution in [-0.2, 0) is 10.2 Å². The second-order valence-corrected chi connectivity index (χ2v) is 7.84. The number of likely N-dealkylation sites (N-methyl/N-ethyl adjacent to an activating group) is 1. The molecule has 3 N–H and O–H groups in total. The SMILES string of the molecule is CC(C)CNS(=O)(=O)N(C)C1(CN)CCCCCC1. The van der Waals surface area contributed by atoms with E-state index in [1.54, 1.807) is 7.05 Å². The maximum absolute atomic E-state index is 12.4. The molecule has 5 nitrogen and oxygen atoms in total. The third-order valence-corrected chi connectivity index (χ3v) is 5.76. The summed E-state index contributed by atoms with van der Waals surface area (Å²) >= 11 is 0. The Morgan fingerprint density at radius 2 is 1.74 bits per heavy atom. The highest BCUT2D eigenvalue weighted by atomic mass is 32.2. The van der Waals surface area contributed by atoms with E-state index in [1.807, 2.05) is 13.8 Å². The van der Waals surface area contributed by atoms with Gasteiger partial charge in [0.2, 0.25) is 0 Å². The molecule has 0 aromatic rings. The molecular weight excluding hydrogens is 262 g/mol. The van der Waals surface area contributed by atoms with Gasteiger partial charge in [0.1, 0.15) is 0 Å². The second kappa shape index (κ2) is 7.02. The van der Waals surface area contributed by atoms with E-state index in [2.05, 4.69) is 4.72 Å². The quantitative estimate of drug-likeness (QED) is 0.728. The molecule has 0 bridgehead atoms. The zero-order valence-electron chi connectivity index (χ0n) is 12.5. The molecule has 0 heterocycles. The van der Waals surface area contributed by atoms with E-state index in [0.717, 1.165) is 25.7 Å². The lowest BCUT2D eigenvalue weighted by Crippen LogP contribution is -2.57. The minimum absolute atomic E-state index is 0.297. The van der Waals surface area contributed by atoms with Crippen LogP contribution in [0.3, 0.4) is 0 Å². The lowest BCUT2D eigenvalue weighted by atomic mass is 9.90.